The third-order valence-corrected chi connectivity index (χ3v) is 3.22. The van der Waals surface area contributed by atoms with Crippen LogP contribution in [0.4, 0.5) is 0 Å². The van der Waals surface area contributed by atoms with E-state index in [2.05, 4.69) is 29.2 Å². The van der Waals surface area contributed by atoms with Gasteiger partial charge in [0.05, 0.1) is 6.42 Å². The second kappa shape index (κ2) is 5.32. The molecule has 0 unspecified atom stereocenters. The fourth-order valence-corrected chi connectivity index (χ4v) is 2.13. The SMILES string of the molecule is CN(CCC(=O)O)Cc1ccccc1C1CC1. The van der Waals surface area contributed by atoms with Crippen LogP contribution in [0.1, 0.15) is 36.3 Å². The van der Waals surface area contributed by atoms with Gasteiger partial charge in [-0.05, 0) is 36.9 Å². The number of carboxylic acid groups (broad SMARTS) is 1. The van der Waals surface area contributed by atoms with E-state index in [1.165, 1.54) is 24.0 Å². The molecule has 0 aliphatic heterocycles. The lowest BCUT2D eigenvalue weighted by atomic mass is 10.0. The zero-order chi connectivity index (χ0) is 12.3. The smallest absolute Gasteiger partial charge is 0.304 e. The first-order chi connectivity index (χ1) is 8.16. The molecule has 17 heavy (non-hydrogen) atoms. The summed E-state index contributed by atoms with van der Waals surface area (Å²) in [5.74, 6) is 0.0198. The monoisotopic (exact) mass is 233 g/mol. The van der Waals surface area contributed by atoms with Crippen molar-refractivity contribution in [2.75, 3.05) is 13.6 Å². The van der Waals surface area contributed by atoms with Gasteiger partial charge in [0.2, 0.25) is 0 Å². The summed E-state index contributed by atoms with van der Waals surface area (Å²) in [6.07, 6.45) is 2.81. The minimum Gasteiger partial charge on any atom is -0.481 e. The summed E-state index contributed by atoms with van der Waals surface area (Å²) in [7, 11) is 1.98. The van der Waals surface area contributed by atoms with Crippen LogP contribution in [0.25, 0.3) is 0 Å². The Kier molecular flexibility index (Phi) is 3.79. The number of benzene rings is 1. The largest absolute Gasteiger partial charge is 0.481 e. The van der Waals surface area contributed by atoms with E-state index in [1.807, 2.05) is 7.05 Å². The lowest BCUT2D eigenvalue weighted by molar-refractivity contribution is -0.137. The Labute approximate surface area is 102 Å². The van der Waals surface area contributed by atoms with Crippen LogP contribution in [0.3, 0.4) is 0 Å². The van der Waals surface area contributed by atoms with Crippen LogP contribution in [0.15, 0.2) is 24.3 Å². The van der Waals surface area contributed by atoms with Crippen LogP contribution < -0.4 is 0 Å². The third-order valence-electron chi connectivity index (χ3n) is 3.22. The second-order valence-electron chi connectivity index (χ2n) is 4.85. The number of nitrogens with zero attached hydrogens (tertiary/aromatic N) is 1. The Bertz CT molecular complexity index is 399. The molecule has 1 N–H and O–H groups in total. The summed E-state index contributed by atoms with van der Waals surface area (Å²) < 4.78 is 0. The van der Waals surface area contributed by atoms with Crippen molar-refractivity contribution in [1.29, 1.82) is 0 Å². The van der Waals surface area contributed by atoms with E-state index < -0.39 is 5.97 Å². The van der Waals surface area contributed by atoms with Gasteiger partial charge in [0.1, 0.15) is 0 Å². The van der Waals surface area contributed by atoms with Crippen molar-refractivity contribution in [3.05, 3.63) is 35.4 Å². The molecule has 1 aromatic rings. The molecule has 3 nitrogen and oxygen atoms in total. The van der Waals surface area contributed by atoms with Crippen molar-refractivity contribution >= 4 is 5.97 Å². The summed E-state index contributed by atoms with van der Waals surface area (Å²) in [6, 6.07) is 8.52. The molecule has 0 spiro atoms. The summed E-state index contributed by atoms with van der Waals surface area (Å²) in [4.78, 5) is 12.6. The molecule has 1 aliphatic rings. The van der Waals surface area contributed by atoms with E-state index in [1.54, 1.807) is 0 Å². The lowest BCUT2D eigenvalue weighted by Crippen LogP contribution is -2.21. The molecule has 0 saturated heterocycles. The minimum absolute atomic E-state index is 0.210. The first-order valence-electron chi connectivity index (χ1n) is 6.15. The van der Waals surface area contributed by atoms with Gasteiger partial charge in [0.25, 0.3) is 0 Å². The average Bonchev–Trinajstić information content (AvgIpc) is 3.11. The first-order valence-corrected chi connectivity index (χ1v) is 6.15. The van der Waals surface area contributed by atoms with E-state index in [9.17, 15) is 4.79 Å². The maximum absolute atomic E-state index is 10.5. The number of carbonyl (C=O) groups is 1. The highest BCUT2D eigenvalue weighted by Crippen LogP contribution is 2.41. The highest BCUT2D eigenvalue weighted by molar-refractivity contribution is 5.66. The number of aliphatic carboxylic acids is 1. The van der Waals surface area contributed by atoms with Crippen LogP contribution in [-0.2, 0) is 11.3 Å². The Morgan fingerprint density at radius 3 is 2.76 bits per heavy atom. The molecule has 0 heterocycles. The van der Waals surface area contributed by atoms with E-state index >= 15 is 0 Å². The van der Waals surface area contributed by atoms with Crippen LogP contribution in [0.2, 0.25) is 0 Å². The molecule has 1 saturated carbocycles. The quantitative estimate of drug-likeness (QED) is 0.820. The molecule has 1 fully saturated rings. The molecule has 0 radical (unpaired) electrons. The second-order valence-corrected chi connectivity index (χ2v) is 4.85. The van der Waals surface area contributed by atoms with Crippen molar-refractivity contribution in [3.63, 3.8) is 0 Å². The van der Waals surface area contributed by atoms with Crippen LogP contribution in [0.5, 0.6) is 0 Å². The van der Waals surface area contributed by atoms with Crippen LogP contribution in [-0.4, -0.2) is 29.6 Å². The molecule has 92 valence electrons. The van der Waals surface area contributed by atoms with Crippen LogP contribution in [0, 0.1) is 0 Å². The first kappa shape index (κ1) is 12.1. The molecular formula is C14H19NO2. The fraction of sp³-hybridized carbons (Fsp3) is 0.500. The Morgan fingerprint density at radius 2 is 2.12 bits per heavy atom. The predicted molar refractivity (Wildman–Crippen MR) is 67.0 cm³/mol. The van der Waals surface area contributed by atoms with Gasteiger partial charge in [0, 0.05) is 13.1 Å². The topological polar surface area (TPSA) is 40.5 Å². The van der Waals surface area contributed by atoms with E-state index in [0.29, 0.717) is 6.54 Å². The molecular weight excluding hydrogens is 214 g/mol. The van der Waals surface area contributed by atoms with Gasteiger partial charge in [-0.2, -0.15) is 0 Å². The lowest BCUT2D eigenvalue weighted by Gasteiger charge is -2.17. The third kappa shape index (κ3) is 3.56. The van der Waals surface area contributed by atoms with Crippen molar-refractivity contribution in [2.24, 2.45) is 0 Å². The van der Waals surface area contributed by atoms with Gasteiger partial charge in [-0.15, -0.1) is 0 Å². The highest BCUT2D eigenvalue weighted by atomic mass is 16.4. The van der Waals surface area contributed by atoms with Gasteiger partial charge >= 0.3 is 5.97 Å². The van der Waals surface area contributed by atoms with Crippen molar-refractivity contribution in [3.8, 4) is 0 Å². The standard InChI is InChI=1S/C14H19NO2/c1-15(9-8-14(16)17)10-12-4-2-3-5-13(12)11-6-7-11/h2-5,11H,6-10H2,1H3,(H,16,17). The highest BCUT2D eigenvalue weighted by Gasteiger charge is 2.25. The van der Waals surface area contributed by atoms with E-state index in [0.717, 1.165) is 12.5 Å². The molecule has 0 bridgehead atoms. The van der Waals surface area contributed by atoms with Crippen molar-refractivity contribution in [1.82, 2.24) is 4.90 Å². The summed E-state index contributed by atoms with van der Waals surface area (Å²) in [5, 5.41) is 8.65. The maximum Gasteiger partial charge on any atom is 0.304 e. The Morgan fingerprint density at radius 1 is 1.41 bits per heavy atom. The van der Waals surface area contributed by atoms with Crippen LogP contribution >= 0.6 is 0 Å². The number of carboxylic acids is 1. The van der Waals surface area contributed by atoms with Crippen molar-refractivity contribution < 1.29 is 9.90 Å². The molecule has 2 rings (SSSR count). The predicted octanol–water partition coefficient (Wildman–Crippen LogP) is 2.47. The van der Waals surface area contributed by atoms with Gasteiger partial charge < -0.3 is 10.0 Å². The van der Waals surface area contributed by atoms with Gasteiger partial charge in [-0.1, -0.05) is 24.3 Å². The zero-order valence-electron chi connectivity index (χ0n) is 10.2. The minimum atomic E-state index is -0.729. The molecule has 0 aromatic heterocycles. The van der Waals surface area contributed by atoms with Gasteiger partial charge in [0.15, 0.2) is 0 Å². The maximum atomic E-state index is 10.5. The molecule has 1 aliphatic carbocycles. The van der Waals surface area contributed by atoms with E-state index in [-0.39, 0.29) is 6.42 Å². The number of hydrogen-bond donors (Lipinski definition) is 1. The van der Waals surface area contributed by atoms with Crippen molar-refractivity contribution in [2.45, 2.75) is 31.7 Å². The zero-order valence-corrected chi connectivity index (χ0v) is 10.2. The number of hydrogen-bond acceptors (Lipinski definition) is 2. The fourth-order valence-electron chi connectivity index (χ4n) is 2.13. The summed E-state index contributed by atoms with van der Waals surface area (Å²) in [5.41, 5.74) is 2.80. The van der Waals surface area contributed by atoms with E-state index in [4.69, 9.17) is 5.11 Å². The normalized spacial score (nSPS) is 15.2. The van der Waals surface area contributed by atoms with Gasteiger partial charge in [-0.3, -0.25) is 4.79 Å². The Hall–Kier alpha value is -1.35. The number of rotatable bonds is 6. The van der Waals surface area contributed by atoms with Gasteiger partial charge in [-0.25, -0.2) is 0 Å². The molecule has 1 aromatic carbocycles. The molecule has 0 amide bonds. The summed E-state index contributed by atoms with van der Waals surface area (Å²) in [6.45, 7) is 1.45. The molecule has 3 heteroatoms. The molecule has 0 atom stereocenters. The summed E-state index contributed by atoms with van der Waals surface area (Å²) >= 11 is 0. The Balaban J connectivity index is 1.95. The average molecular weight is 233 g/mol.